The summed E-state index contributed by atoms with van der Waals surface area (Å²) in [4.78, 5) is 14.2. The standard InChI is InChI=1S/C19H23NO/c1-14-6-12-17(13-7-14)20(5)18(21)15-8-10-16(11-9-15)19(2,3)4/h6-13H,1-5H3. The summed E-state index contributed by atoms with van der Waals surface area (Å²) in [5, 5.41) is 0. The molecule has 0 bridgehead atoms. The first-order chi connectivity index (χ1) is 9.79. The summed E-state index contributed by atoms with van der Waals surface area (Å²) >= 11 is 0. The number of carbonyl (C=O) groups excluding carboxylic acids is 1. The van der Waals surface area contributed by atoms with Gasteiger partial charge in [-0.1, -0.05) is 50.6 Å². The van der Waals surface area contributed by atoms with Crippen molar-refractivity contribution in [3.05, 3.63) is 65.2 Å². The topological polar surface area (TPSA) is 20.3 Å². The average molecular weight is 281 g/mol. The lowest BCUT2D eigenvalue weighted by molar-refractivity contribution is 0.0993. The lowest BCUT2D eigenvalue weighted by Gasteiger charge is -2.21. The molecule has 2 aromatic carbocycles. The van der Waals surface area contributed by atoms with Crippen molar-refractivity contribution in [2.45, 2.75) is 33.1 Å². The van der Waals surface area contributed by atoms with E-state index in [4.69, 9.17) is 0 Å². The van der Waals surface area contributed by atoms with Crippen LogP contribution in [0.25, 0.3) is 0 Å². The van der Waals surface area contributed by atoms with Gasteiger partial charge in [0.2, 0.25) is 0 Å². The molecule has 1 amide bonds. The molecule has 0 unspecified atom stereocenters. The van der Waals surface area contributed by atoms with E-state index in [0.29, 0.717) is 5.56 Å². The molecule has 0 atom stereocenters. The molecular weight excluding hydrogens is 258 g/mol. The third kappa shape index (κ3) is 3.52. The summed E-state index contributed by atoms with van der Waals surface area (Å²) in [5.41, 5.74) is 4.15. The predicted molar refractivity (Wildman–Crippen MR) is 89.1 cm³/mol. The Bertz CT molecular complexity index is 618. The molecule has 0 spiro atoms. The Morgan fingerprint density at radius 1 is 0.905 bits per heavy atom. The molecule has 0 saturated heterocycles. The Hall–Kier alpha value is -2.09. The third-order valence-electron chi connectivity index (χ3n) is 3.72. The zero-order chi connectivity index (χ0) is 15.6. The van der Waals surface area contributed by atoms with Gasteiger partial charge in [0.15, 0.2) is 0 Å². The van der Waals surface area contributed by atoms with Crippen LogP contribution in [0, 0.1) is 6.92 Å². The van der Waals surface area contributed by atoms with E-state index in [1.165, 1.54) is 11.1 Å². The van der Waals surface area contributed by atoms with Gasteiger partial charge in [-0.2, -0.15) is 0 Å². The maximum atomic E-state index is 12.5. The van der Waals surface area contributed by atoms with Crippen molar-refractivity contribution in [2.24, 2.45) is 0 Å². The lowest BCUT2D eigenvalue weighted by atomic mass is 9.86. The minimum Gasteiger partial charge on any atom is -0.311 e. The number of rotatable bonds is 2. The summed E-state index contributed by atoms with van der Waals surface area (Å²) in [6.07, 6.45) is 0. The minimum atomic E-state index is 0.0133. The fraction of sp³-hybridized carbons (Fsp3) is 0.316. The number of aryl methyl sites for hydroxylation is 1. The van der Waals surface area contributed by atoms with Crippen molar-refractivity contribution < 1.29 is 4.79 Å². The molecule has 2 heteroatoms. The average Bonchev–Trinajstić information content (AvgIpc) is 2.46. The number of hydrogen-bond donors (Lipinski definition) is 0. The second kappa shape index (κ2) is 5.72. The maximum absolute atomic E-state index is 12.5. The van der Waals surface area contributed by atoms with E-state index in [1.807, 2.05) is 62.5 Å². The van der Waals surface area contributed by atoms with Gasteiger partial charge in [0, 0.05) is 18.3 Å². The second-order valence-corrected chi connectivity index (χ2v) is 6.53. The van der Waals surface area contributed by atoms with E-state index in [-0.39, 0.29) is 11.3 Å². The van der Waals surface area contributed by atoms with Crippen LogP contribution in [0.1, 0.15) is 42.3 Å². The highest BCUT2D eigenvalue weighted by Gasteiger charge is 2.16. The Balaban J connectivity index is 2.21. The van der Waals surface area contributed by atoms with Crippen molar-refractivity contribution >= 4 is 11.6 Å². The van der Waals surface area contributed by atoms with Gasteiger partial charge in [-0.3, -0.25) is 4.79 Å². The van der Waals surface area contributed by atoms with E-state index in [1.54, 1.807) is 4.90 Å². The zero-order valence-electron chi connectivity index (χ0n) is 13.5. The van der Waals surface area contributed by atoms with Crippen LogP contribution < -0.4 is 4.90 Å². The highest BCUT2D eigenvalue weighted by molar-refractivity contribution is 6.05. The summed E-state index contributed by atoms with van der Waals surface area (Å²) in [7, 11) is 1.81. The molecule has 0 saturated carbocycles. The summed E-state index contributed by atoms with van der Waals surface area (Å²) in [6, 6.07) is 15.9. The van der Waals surface area contributed by atoms with Crippen molar-refractivity contribution in [3.8, 4) is 0 Å². The number of anilines is 1. The van der Waals surface area contributed by atoms with Crippen molar-refractivity contribution in [1.82, 2.24) is 0 Å². The molecule has 0 aliphatic heterocycles. The van der Waals surface area contributed by atoms with Crippen LogP contribution >= 0.6 is 0 Å². The molecule has 0 aliphatic rings. The van der Waals surface area contributed by atoms with Crippen LogP contribution in [0.5, 0.6) is 0 Å². The zero-order valence-corrected chi connectivity index (χ0v) is 13.5. The number of carbonyl (C=O) groups is 1. The summed E-state index contributed by atoms with van der Waals surface area (Å²) in [5.74, 6) is 0.0133. The molecule has 0 heterocycles. The maximum Gasteiger partial charge on any atom is 0.258 e. The highest BCUT2D eigenvalue weighted by Crippen LogP contribution is 2.23. The quantitative estimate of drug-likeness (QED) is 0.789. The number of hydrogen-bond acceptors (Lipinski definition) is 1. The van der Waals surface area contributed by atoms with E-state index < -0.39 is 0 Å². The van der Waals surface area contributed by atoms with Gasteiger partial charge in [0.05, 0.1) is 0 Å². The van der Waals surface area contributed by atoms with Crippen LogP contribution in [0.15, 0.2) is 48.5 Å². The summed E-state index contributed by atoms with van der Waals surface area (Å²) < 4.78 is 0. The first-order valence-corrected chi connectivity index (χ1v) is 7.24. The number of amides is 1. The molecule has 110 valence electrons. The van der Waals surface area contributed by atoms with Gasteiger partial charge in [-0.25, -0.2) is 0 Å². The van der Waals surface area contributed by atoms with Gasteiger partial charge in [0.25, 0.3) is 5.91 Å². The Labute approximate surface area is 127 Å². The normalized spacial score (nSPS) is 11.3. The molecule has 2 nitrogen and oxygen atoms in total. The van der Waals surface area contributed by atoms with E-state index in [2.05, 4.69) is 20.8 Å². The SMILES string of the molecule is Cc1ccc(N(C)C(=O)c2ccc(C(C)(C)C)cc2)cc1. The number of benzene rings is 2. The molecule has 2 aromatic rings. The van der Waals surface area contributed by atoms with Crippen LogP contribution in [0.4, 0.5) is 5.69 Å². The van der Waals surface area contributed by atoms with E-state index >= 15 is 0 Å². The van der Waals surface area contributed by atoms with Crippen molar-refractivity contribution in [1.29, 1.82) is 0 Å². The van der Waals surface area contributed by atoms with Crippen LogP contribution in [-0.2, 0) is 5.41 Å². The molecule has 0 radical (unpaired) electrons. The molecule has 0 aliphatic carbocycles. The fourth-order valence-electron chi connectivity index (χ4n) is 2.19. The van der Waals surface area contributed by atoms with Crippen LogP contribution in [0.3, 0.4) is 0 Å². The molecular formula is C19H23NO. The monoisotopic (exact) mass is 281 g/mol. The van der Waals surface area contributed by atoms with E-state index in [9.17, 15) is 4.79 Å². The van der Waals surface area contributed by atoms with Gasteiger partial charge in [0.1, 0.15) is 0 Å². The van der Waals surface area contributed by atoms with Gasteiger partial charge >= 0.3 is 0 Å². The Kier molecular flexibility index (Phi) is 4.17. The smallest absolute Gasteiger partial charge is 0.258 e. The Morgan fingerprint density at radius 2 is 1.43 bits per heavy atom. The molecule has 0 aromatic heterocycles. The first kappa shape index (κ1) is 15.3. The predicted octanol–water partition coefficient (Wildman–Crippen LogP) is 4.57. The minimum absolute atomic E-state index is 0.0133. The van der Waals surface area contributed by atoms with Crippen molar-refractivity contribution in [3.63, 3.8) is 0 Å². The number of nitrogens with zero attached hydrogens (tertiary/aromatic N) is 1. The molecule has 0 fully saturated rings. The van der Waals surface area contributed by atoms with Gasteiger partial charge < -0.3 is 4.90 Å². The third-order valence-corrected chi connectivity index (χ3v) is 3.72. The molecule has 21 heavy (non-hydrogen) atoms. The largest absolute Gasteiger partial charge is 0.311 e. The first-order valence-electron chi connectivity index (χ1n) is 7.24. The van der Waals surface area contributed by atoms with Crippen LogP contribution in [-0.4, -0.2) is 13.0 Å². The fourth-order valence-corrected chi connectivity index (χ4v) is 2.19. The second-order valence-electron chi connectivity index (χ2n) is 6.53. The highest BCUT2D eigenvalue weighted by atomic mass is 16.2. The van der Waals surface area contributed by atoms with Gasteiger partial charge in [-0.05, 0) is 42.2 Å². The lowest BCUT2D eigenvalue weighted by Crippen LogP contribution is -2.26. The van der Waals surface area contributed by atoms with Gasteiger partial charge in [-0.15, -0.1) is 0 Å². The van der Waals surface area contributed by atoms with Crippen molar-refractivity contribution in [2.75, 3.05) is 11.9 Å². The molecule has 0 N–H and O–H groups in total. The van der Waals surface area contributed by atoms with E-state index in [0.717, 1.165) is 5.69 Å². The van der Waals surface area contributed by atoms with Crippen LogP contribution in [0.2, 0.25) is 0 Å². The molecule has 2 rings (SSSR count). The Morgan fingerprint density at radius 3 is 1.90 bits per heavy atom. The summed E-state index contributed by atoms with van der Waals surface area (Å²) in [6.45, 7) is 8.55.